The monoisotopic (exact) mass is 519 g/mol. The van der Waals surface area contributed by atoms with Gasteiger partial charge in [-0.05, 0) is 42.9 Å². The fourth-order valence-corrected chi connectivity index (χ4v) is 5.35. The van der Waals surface area contributed by atoms with Crippen LogP contribution in [0.3, 0.4) is 0 Å². The highest BCUT2D eigenvalue weighted by atomic mass is 32.2. The van der Waals surface area contributed by atoms with E-state index in [9.17, 15) is 28.1 Å². The maximum Gasteiger partial charge on any atom is 0.303 e. The highest BCUT2D eigenvalue weighted by molar-refractivity contribution is 7.89. The molecule has 0 bridgehead atoms. The van der Waals surface area contributed by atoms with E-state index < -0.39 is 20.9 Å². The SMILES string of the molecule is CC(C)CN(CC[C@H](Cc1ccccc1)NC(=O)CCCC(=O)O)S(=O)(=O)c1ccc([N+](=O)[O-])cc1. The molecular formula is C25H33N3O7S. The van der Waals surface area contributed by atoms with Gasteiger partial charge in [0.1, 0.15) is 0 Å². The van der Waals surface area contributed by atoms with Gasteiger partial charge in [-0.2, -0.15) is 4.31 Å². The zero-order chi connectivity index (χ0) is 26.7. The smallest absolute Gasteiger partial charge is 0.303 e. The molecule has 196 valence electrons. The molecule has 0 heterocycles. The molecule has 11 heteroatoms. The first-order chi connectivity index (χ1) is 17.0. The van der Waals surface area contributed by atoms with Gasteiger partial charge < -0.3 is 10.4 Å². The number of carbonyl (C=O) groups excluding carboxylic acids is 1. The molecule has 0 aliphatic rings. The number of carboxylic acid groups (broad SMARTS) is 1. The molecule has 1 atom stereocenters. The number of hydrogen-bond acceptors (Lipinski definition) is 6. The third-order valence-corrected chi connectivity index (χ3v) is 7.34. The molecule has 0 unspecified atom stereocenters. The topological polar surface area (TPSA) is 147 Å². The number of nitrogens with one attached hydrogen (secondary N) is 1. The lowest BCUT2D eigenvalue weighted by Gasteiger charge is -2.27. The van der Waals surface area contributed by atoms with Crippen LogP contribution in [0.4, 0.5) is 5.69 Å². The first-order valence-electron chi connectivity index (χ1n) is 11.8. The summed E-state index contributed by atoms with van der Waals surface area (Å²) < 4.78 is 28.1. The molecule has 0 aliphatic carbocycles. The summed E-state index contributed by atoms with van der Waals surface area (Å²) in [6.07, 6.45) is 0.991. The molecule has 2 aromatic rings. The molecular weight excluding hydrogens is 486 g/mol. The van der Waals surface area contributed by atoms with Gasteiger partial charge in [-0.15, -0.1) is 0 Å². The second kappa shape index (κ2) is 13.7. The van der Waals surface area contributed by atoms with Gasteiger partial charge in [0.2, 0.25) is 15.9 Å². The van der Waals surface area contributed by atoms with Gasteiger partial charge in [0, 0.05) is 44.1 Å². The number of nitro benzene ring substituents is 1. The summed E-state index contributed by atoms with van der Waals surface area (Å²) in [6, 6.07) is 13.9. The van der Waals surface area contributed by atoms with E-state index in [0.717, 1.165) is 17.7 Å². The second-order valence-electron chi connectivity index (χ2n) is 9.00. The number of benzene rings is 2. The number of aliphatic carboxylic acids is 1. The van der Waals surface area contributed by atoms with E-state index in [1.165, 1.54) is 16.4 Å². The van der Waals surface area contributed by atoms with Crippen LogP contribution in [-0.4, -0.2) is 53.8 Å². The Morgan fingerprint density at radius 1 is 1.06 bits per heavy atom. The zero-order valence-electron chi connectivity index (χ0n) is 20.5. The van der Waals surface area contributed by atoms with Gasteiger partial charge in [0.15, 0.2) is 0 Å². The number of nitro groups is 1. The molecule has 0 fully saturated rings. The summed E-state index contributed by atoms with van der Waals surface area (Å²) in [6.45, 7) is 4.16. The first-order valence-corrected chi connectivity index (χ1v) is 13.2. The van der Waals surface area contributed by atoms with Crippen molar-refractivity contribution < 1.29 is 28.0 Å². The van der Waals surface area contributed by atoms with E-state index in [2.05, 4.69) is 5.32 Å². The molecule has 2 N–H and O–H groups in total. The Labute approximate surface area is 211 Å². The Morgan fingerprint density at radius 3 is 2.25 bits per heavy atom. The molecule has 2 aromatic carbocycles. The van der Waals surface area contributed by atoms with Crippen molar-refractivity contribution in [1.82, 2.24) is 9.62 Å². The van der Waals surface area contributed by atoms with E-state index in [4.69, 9.17) is 5.11 Å². The van der Waals surface area contributed by atoms with Crippen LogP contribution >= 0.6 is 0 Å². The number of sulfonamides is 1. The second-order valence-corrected chi connectivity index (χ2v) is 10.9. The number of non-ortho nitro benzene ring substituents is 1. The minimum absolute atomic E-state index is 0.0241. The van der Waals surface area contributed by atoms with Gasteiger partial charge in [0.25, 0.3) is 5.69 Å². The molecule has 0 saturated heterocycles. The van der Waals surface area contributed by atoms with Crippen molar-refractivity contribution in [1.29, 1.82) is 0 Å². The fourth-order valence-electron chi connectivity index (χ4n) is 3.73. The largest absolute Gasteiger partial charge is 0.481 e. The molecule has 1 amide bonds. The van der Waals surface area contributed by atoms with E-state index >= 15 is 0 Å². The summed E-state index contributed by atoms with van der Waals surface area (Å²) in [4.78, 5) is 33.5. The van der Waals surface area contributed by atoms with Crippen molar-refractivity contribution >= 4 is 27.6 Å². The van der Waals surface area contributed by atoms with Crippen LogP contribution < -0.4 is 5.32 Å². The Kier molecular flexibility index (Phi) is 11.0. The van der Waals surface area contributed by atoms with Crippen LogP contribution in [-0.2, 0) is 26.0 Å². The standard InChI is InChI=1S/C25H33N3O7S/c1-19(2)18-27(36(34,35)23-13-11-22(12-14-23)28(32)33)16-15-21(17-20-7-4-3-5-8-20)26-24(29)9-6-10-25(30)31/h3-5,7-8,11-14,19,21H,6,9-10,15-18H2,1-2H3,(H,26,29)(H,30,31)/t21-/m1/s1. The summed E-state index contributed by atoms with van der Waals surface area (Å²) >= 11 is 0. The van der Waals surface area contributed by atoms with Crippen LogP contribution in [0.25, 0.3) is 0 Å². The van der Waals surface area contributed by atoms with Gasteiger partial charge in [-0.1, -0.05) is 44.2 Å². The first kappa shape index (κ1) is 28.9. The number of rotatable bonds is 15. The van der Waals surface area contributed by atoms with Crippen molar-refractivity contribution in [2.24, 2.45) is 5.92 Å². The summed E-state index contributed by atoms with van der Waals surface area (Å²) in [5.74, 6) is -1.23. The van der Waals surface area contributed by atoms with Crippen molar-refractivity contribution in [3.8, 4) is 0 Å². The Morgan fingerprint density at radius 2 is 1.69 bits per heavy atom. The average Bonchev–Trinajstić information content (AvgIpc) is 2.81. The predicted molar refractivity (Wildman–Crippen MR) is 135 cm³/mol. The predicted octanol–water partition coefficient (Wildman–Crippen LogP) is 3.61. The fraction of sp³-hybridized carbons (Fsp3) is 0.440. The summed E-state index contributed by atoms with van der Waals surface area (Å²) in [5.41, 5.74) is 0.778. The number of carbonyl (C=O) groups is 2. The number of amides is 1. The Hall–Kier alpha value is -3.31. The highest BCUT2D eigenvalue weighted by Crippen LogP contribution is 2.21. The van der Waals surface area contributed by atoms with Gasteiger partial charge >= 0.3 is 5.97 Å². The number of nitrogens with zero attached hydrogens (tertiary/aromatic N) is 2. The van der Waals surface area contributed by atoms with E-state index in [1.807, 2.05) is 44.2 Å². The third kappa shape index (κ3) is 9.38. The molecule has 0 aliphatic heterocycles. The van der Waals surface area contributed by atoms with Gasteiger partial charge in [-0.25, -0.2) is 8.42 Å². The zero-order valence-corrected chi connectivity index (χ0v) is 21.3. The van der Waals surface area contributed by atoms with Crippen LogP contribution in [0.1, 0.15) is 45.1 Å². The summed E-state index contributed by atoms with van der Waals surface area (Å²) in [7, 11) is -3.93. The molecule has 36 heavy (non-hydrogen) atoms. The van der Waals surface area contributed by atoms with Crippen molar-refractivity contribution in [2.45, 2.75) is 56.9 Å². The summed E-state index contributed by atoms with van der Waals surface area (Å²) in [5, 5.41) is 22.7. The molecule has 0 radical (unpaired) electrons. The van der Waals surface area contributed by atoms with Crippen molar-refractivity contribution in [3.63, 3.8) is 0 Å². The lowest BCUT2D eigenvalue weighted by atomic mass is 10.0. The van der Waals surface area contributed by atoms with E-state index in [0.29, 0.717) is 12.8 Å². The van der Waals surface area contributed by atoms with Crippen LogP contribution in [0.2, 0.25) is 0 Å². The molecule has 2 rings (SSSR count). The van der Waals surface area contributed by atoms with Gasteiger partial charge in [0.05, 0.1) is 9.82 Å². The van der Waals surface area contributed by atoms with Crippen molar-refractivity contribution in [2.75, 3.05) is 13.1 Å². The normalized spacial score (nSPS) is 12.4. The van der Waals surface area contributed by atoms with Gasteiger partial charge in [-0.3, -0.25) is 19.7 Å². The van der Waals surface area contributed by atoms with Crippen molar-refractivity contribution in [3.05, 3.63) is 70.3 Å². The van der Waals surface area contributed by atoms with Crippen LogP contribution in [0.5, 0.6) is 0 Å². The minimum Gasteiger partial charge on any atom is -0.481 e. The molecule has 0 aromatic heterocycles. The Balaban J connectivity index is 2.19. The lowest BCUT2D eigenvalue weighted by Crippen LogP contribution is -2.41. The maximum atomic E-state index is 13.4. The molecule has 10 nitrogen and oxygen atoms in total. The Bertz CT molecular complexity index is 1120. The quantitative estimate of drug-likeness (QED) is 0.270. The van der Waals surface area contributed by atoms with E-state index in [1.54, 1.807) is 0 Å². The van der Waals surface area contributed by atoms with Crippen LogP contribution in [0.15, 0.2) is 59.5 Å². The lowest BCUT2D eigenvalue weighted by molar-refractivity contribution is -0.384. The molecule has 0 saturated carbocycles. The average molecular weight is 520 g/mol. The minimum atomic E-state index is -3.93. The number of carboxylic acids is 1. The molecule has 0 spiro atoms. The maximum absolute atomic E-state index is 13.4. The highest BCUT2D eigenvalue weighted by Gasteiger charge is 2.27. The third-order valence-electron chi connectivity index (χ3n) is 5.47. The van der Waals surface area contributed by atoms with E-state index in [-0.39, 0.29) is 60.8 Å². The number of hydrogen-bond donors (Lipinski definition) is 2. The van der Waals surface area contributed by atoms with Crippen LogP contribution in [0, 0.1) is 16.0 Å².